The number of ketones is 1. The van der Waals surface area contributed by atoms with Crippen LogP contribution < -0.4 is 16.0 Å². The van der Waals surface area contributed by atoms with Crippen molar-refractivity contribution >= 4 is 59.2 Å². The van der Waals surface area contributed by atoms with Gasteiger partial charge in [0.05, 0.1) is 85.6 Å². The number of hydrogen-bond acceptors (Lipinski definition) is 20. The first kappa shape index (κ1) is 128. The van der Waals surface area contributed by atoms with E-state index in [0.29, 0.717) is 157 Å². The van der Waals surface area contributed by atoms with Crippen molar-refractivity contribution in [3.63, 3.8) is 0 Å². The van der Waals surface area contributed by atoms with Crippen molar-refractivity contribution in [2.75, 3.05) is 152 Å². The summed E-state index contributed by atoms with van der Waals surface area (Å²) in [5.41, 5.74) is 0. The van der Waals surface area contributed by atoms with Gasteiger partial charge in [0.15, 0.2) is 0 Å². The molecule has 780 valence electrons. The van der Waals surface area contributed by atoms with Crippen molar-refractivity contribution in [1.82, 2.24) is 25.8 Å². The number of unbranched alkanes of at least 4 members (excludes halogenated alkanes) is 49. The Kier molecular flexibility index (Phi) is 99.8. The predicted molar refractivity (Wildman–Crippen MR) is 536 cm³/mol. The van der Waals surface area contributed by atoms with Gasteiger partial charge in [-0.25, -0.2) is 0 Å². The zero-order chi connectivity index (χ0) is 96.8. The zero-order valence-corrected chi connectivity index (χ0v) is 86.2. The number of carbonyl (C=O) groups is 10. The summed E-state index contributed by atoms with van der Waals surface area (Å²) in [5, 5.41) is 8.84. The highest BCUT2D eigenvalue weighted by Gasteiger charge is 2.24. The highest BCUT2D eigenvalue weighted by molar-refractivity contribution is 5.87. The lowest BCUT2D eigenvalue weighted by atomic mass is 9.93. The van der Waals surface area contributed by atoms with E-state index in [0.717, 1.165) is 89.9 Å². The molecule has 25 nitrogen and oxygen atoms in total. The second-order valence-corrected chi connectivity index (χ2v) is 37.0. The topological polar surface area (TPSA) is 306 Å². The van der Waals surface area contributed by atoms with Gasteiger partial charge < -0.3 is 73.1 Å². The van der Waals surface area contributed by atoms with Crippen molar-refractivity contribution in [2.24, 2.45) is 5.92 Å². The van der Waals surface area contributed by atoms with E-state index in [4.69, 9.17) is 47.4 Å². The summed E-state index contributed by atoms with van der Waals surface area (Å²) in [6.07, 6.45) is 67.4. The fourth-order valence-electron chi connectivity index (χ4n) is 16.2. The molecule has 0 rings (SSSR count). The fraction of sp³-hybridized carbons (Fsp3) is 0.907. The van der Waals surface area contributed by atoms with Gasteiger partial charge in [-0.2, -0.15) is 0 Å². The van der Waals surface area contributed by atoms with Crippen LogP contribution in [0, 0.1) is 5.92 Å². The molecular weight excluding hydrogens is 1690 g/mol. The van der Waals surface area contributed by atoms with Crippen LogP contribution in [-0.4, -0.2) is 221 Å². The van der Waals surface area contributed by atoms with Gasteiger partial charge in [0.1, 0.15) is 32.2 Å². The summed E-state index contributed by atoms with van der Waals surface area (Å²) in [6, 6.07) is 0. The summed E-state index contributed by atoms with van der Waals surface area (Å²) >= 11 is 0. The minimum atomic E-state index is -0.679. The van der Waals surface area contributed by atoms with E-state index < -0.39 is 5.92 Å². The number of nitrogens with one attached hydrogen (secondary N) is 3. The van der Waals surface area contributed by atoms with Gasteiger partial charge in [0, 0.05) is 110 Å². The maximum atomic E-state index is 14.0. The molecule has 0 fully saturated rings. The largest absolute Gasteiger partial charge is 0.464 e. The number of esters is 4. The molecule has 1 atom stereocenters. The predicted octanol–water partition coefficient (Wildman–Crippen LogP) is 23.5. The van der Waals surface area contributed by atoms with E-state index in [1.54, 1.807) is 9.80 Å². The Morgan fingerprint density at radius 1 is 0.218 bits per heavy atom. The number of rotatable bonds is 108. The van der Waals surface area contributed by atoms with Crippen LogP contribution >= 0.6 is 0 Å². The van der Waals surface area contributed by atoms with E-state index in [1.807, 2.05) is 6.92 Å². The van der Waals surface area contributed by atoms with Crippen LogP contribution in [0.3, 0.4) is 0 Å². The third-order valence-corrected chi connectivity index (χ3v) is 24.6. The first-order valence-electron chi connectivity index (χ1n) is 55.2. The first-order valence-corrected chi connectivity index (χ1v) is 55.2. The van der Waals surface area contributed by atoms with Crippen molar-refractivity contribution < 1.29 is 95.3 Å². The summed E-state index contributed by atoms with van der Waals surface area (Å²) < 4.78 is 55.8. The number of nitrogens with zero attached hydrogens (tertiary/aromatic N) is 2. The number of amides is 5. The number of Topliss-reactive ketones (excluding diaryl/α,β-unsaturated/α-hetero) is 1. The lowest BCUT2D eigenvalue weighted by Crippen LogP contribution is -2.37. The third-order valence-electron chi connectivity index (χ3n) is 24.6. The molecule has 0 aliphatic carbocycles. The Balaban J connectivity index is 5.82. The molecule has 25 heteroatoms. The van der Waals surface area contributed by atoms with Gasteiger partial charge in [0.2, 0.25) is 29.5 Å². The van der Waals surface area contributed by atoms with Crippen LogP contribution in [0.2, 0.25) is 0 Å². The third kappa shape index (κ3) is 95.4. The number of hydrogen-bond donors (Lipinski definition) is 3. The van der Waals surface area contributed by atoms with Crippen molar-refractivity contribution in [1.29, 1.82) is 0 Å². The Morgan fingerprint density at radius 2 is 0.474 bits per heavy atom. The van der Waals surface area contributed by atoms with E-state index in [-0.39, 0.29) is 163 Å². The molecule has 0 saturated heterocycles. The standard InChI is InChI=1S/C108H203N5O20/c1-6-11-15-19-23-27-31-35-39-43-47-51-55-70-104(119)130-85-78-112(79-86-131-105(120)71-56-52-48-44-40-36-32-28-24-20-16-12-7-2)102(117)68-61-66-99(114)97-98(108(123)111-77-64-83-126-92-95-129-94-91-125-82-63-76-110-101(116)74-84-127-93-96-128-90-89-124-10-5)65-59-60-75-109-100(115)67-62-69-103(118)113(80-87-132-106(121)72-57-53-49-45-41-37-33-29-25-21-17-13-8-3)81-88-133-107(122)73-58-54-50-46-42-38-34-30-26-22-18-14-9-4/h98H,6-97H2,1-5H3,(H,109,115)(H,110,116)(H,111,123)/t98-/m1/s1. The van der Waals surface area contributed by atoms with Crippen LogP contribution in [0.25, 0.3) is 0 Å². The van der Waals surface area contributed by atoms with E-state index in [9.17, 15) is 47.9 Å². The van der Waals surface area contributed by atoms with Crippen molar-refractivity contribution in [3.05, 3.63) is 0 Å². The number of ether oxygens (including phenoxy) is 10. The average molecular weight is 1890 g/mol. The highest BCUT2D eigenvalue weighted by Crippen LogP contribution is 2.22. The van der Waals surface area contributed by atoms with Gasteiger partial charge in [-0.05, 0) is 71.1 Å². The molecule has 133 heavy (non-hydrogen) atoms. The minimum Gasteiger partial charge on any atom is -0.464 e. The van der Waals surface area contributed by atoms with Gasteiger partial charge in [-0.3, -0.25) is 47.9 Å². The van der Waals surface area contributed by atoms with E-state index in [2.05, 4.69) is 43.6 Å². The van der Waals surface area contributed by atoms with E-state index >= 15 is 0 Å². The van der Waals surface area contributed by atoms with Crippen LogP contribution in [0.1, 0.15) is 478 Å². The lowest BCUT2D eigenvalue weighted by Gasteiger charge is -2.23. The summed E-state index contributed by atoms with van der Waals surface area (Å²) in [7, 11) is 0. The summed E-state index contributed by atoms with van der Waals surface area (Å²) in [6.45, 7) is 17.8. The van der Waals surface area contributed by atoms with Crippen LogP contribution in [0.4, 0.5) is 0 Å². The molecule has 0 saturated carbocycles. The molecule has 0 aromatic carbocycles. The molecule has 0 aliphatic heterocycles. The molecule has 0 aromatic rings. The smallest absolute Gasteiger partial charge is 0.305 e. The maximum absolute atomic E-state index is 14.0. The molecular formula is C108H203N5O20. The molecule has 5 amide bonds. The summed E-state index contributed by atoms with van der Waals surface area (Å²) in [5.74, 6) is -3.14. The zero-order valence-electron chi connectivity index (χ0n) is 86.2. The lowest BCUT2D eigenvalue weighted by molar-refractivity contribution is -0.148. The first-order chi connectivity index (χ1) is 65.2. The second-order valence-electron chi connectivity index (χ2n) is 37.0. The Hall–Kier alpha value is -5.34. The van der Waals surface area contributed by atoms with Gasteiger partial charge in [-0.15, -0.1) is 0 Å². The molecule has 0 aromatic heterocycles. The van der Waals surface area contributed by atoms with Crippen molar-refractivity contribution in [2.45, 2.75) is 478 Å². The van der Waals surface area contributed by atoms with Crippen LogP contribution in [-0.2, 0) is 95.3 Å². The molecule has 3 N–H and O–H groups in total. The van der Waals surface area contributed by atoms with Gasteiger partial charge in [0.25, 0.3) is 0 Å². The normalized spacial score (nSPS) is 11.6. The van der Waals surface area contributed by atoms with Crippen LogP contribution in [0.5, 0.6) is 0 Å². The van der Waals surface area contributed by atoms with Crippen molar-refractivity contribution in [3.8, 4) is 0 Å². The van der Waals surface area contributed by atoms with Gasteiger partial charge >= 0.3 is 23.9 Å². The summed E-state index contributed by atoms with van der Waals surface area (Å²) in [4.78, 5) is 136. The molecule has 0 spiro atoms. The average Bonchev–Trinajstić information content (AvgIpc) is 0.902. The number of carbonyl (C=O) groups excluding carboxylic acids is 10. The molecule has 0 heterocycles. The fourth-order valence-corrected chi connectivity index (χ4v) is 16.2. The van der Waals surface area contributed by atoms with Crippen LogP contribution in [0.15, 0.2) is 0 Å². The Labute approximate surface area is 811 Å². The Bertz CT molecular complexity index is 2560. The quantitative estimate of drug-likeness (QED) is 0.0289. The molecule has 0 radical (unpaired) electrons. The van der Waals surface area contributed by atoms with E-state index in [1.165, 1.54) is 244 Å². The maximum Gasteiger partial charge on any atom is 0.305 e. The molecule has 0 bridgehead atoms. The minimum absolute atomic E-state index is 0.00575. The SMILES string of the molecule is CCCCCCCCCCCCCCCC(=O)OCCN(CCOC(=O)CCCCCCCCCCCCCCC)C(=O)CCCC(=O)C[C@@H](CCCCNC(=O)CCCC(=O)N(CCOC(=O)CCCCCCCCCCCCCCC)CCOC(=O)CCCCCCCCCCCCCCC)C(=O)NCCCOCCOCCOCCCNC(=O)CCOCCOCCOCC. The van der Waals surface area contributed by atoms with Gasteiger partial charge in [-0.1, -0.05) is 342 Å². The highest BCUT2D eigenvalue weighted by atomic mass is 16.6. The monoisotopic (exact) mass is 1890 g/mol. The Morgan fingerprint density at radius 3 is 0.782 bits per heavy atom. The second kappa shape index (κ2) is 104. The molecule has 0 aliphatic rings. The molecule has 0 unspecified atom stereocenters.